The zero-order chi connectivity index (χ0) is 26.6. The maximum Gasteiger partial charge on any atom is 0.222 e. The lowest BCUT2D eigenvalue weighted by Crippen LogP contribution is -2.36. The molecule has 0 amide bonds. The molecule has 196 valence electrons. The summed E-state index contributed by atoms with van der Waals surface area (Å²) < 4.78 is 38.8. The van der Waals surface area contributed by atoms with Crippen molar-refractivity contribution in [1.29, 1.82) is 0 Å². The molecule has 0 radical (unpaired) electrons. The summed E-state index contributed by atoms with van der Waals surface area (Å²) in [6.07, 6.45) is 11.9. The van der Waals surface area contributed by atoms with E-state index in [0.29, 0.717) is 29.4 Å². The average Bonchev–Trinajstić information content (AvgIpc) is 2.84. The summed E-state index contributed by atoms with van der Waals surface area (Å²) in [7, 11) is 0.500. The van der Waals surface area contributed by atoms with Gasteiger partial charge in [0.1, 0.15) is 5.82 Å². The first-order chi connectivity index (χ1) is 17.6. The largest absolute Gasteiger partial charge is 0.351 e. The SMILES string of the molecule is Cc1nc(CS(=O)(=O)c2ccc(F)cc2Cl)ccc1/C=C/c1cnc(NC2CCC(N(C)C)CC2)nc1. The summed E-state index contributed by atoms with van der Waals surface area (Å²) in [4.78, 5) is 15.5. The quantitative estimate of drug-likeness (QED) is 0.380. The van der Waals surface area contributed by atoms with E-state index >= 15 is 0 Å². The highest BCUT2D eigenvalue weighted by Crippen LogP contribution is 2.26. The number of hydrogen-bond acceptors (Lipinski definition) is 7. The molecule has 1 fully saturated rings. The minimum Gasteiger partial charge on any atom is -0.351 e. The number of aromatic nitrogens is 3. The summed E-state index contributed by atoms with van der Waals surface area (Å²) >= 11 is 5.95. The van der Waals surface area contributed by atoms with E-state index in [2.05, 4.69) is 39.3 Å². The molecular weight excluding hydrogens is 513 g/mol. The fraction of sp³-hybridized carbons (Fsp3) is 0.370. The van der Waals surface area contributed by atoms with Crippen LogP contribution in [-0.2, 0) is 15.6 Å². The number of nitrogens with zero attached hydrogens (tertiary/aromatic N) is 4. The Labute approximate surface area is 222 Å². The van der Waals surface area contributed by atoms with Gasteiger partial charge < -0.3 is 10.2 Å². The standard InChI is InChI=1S/C27H31ClFN5O2S/c1-18-20(6-8-23(32-18)17-37(35,36)26-13-7-21(29)14-25(26)28)5-4-19-15-30-27(31-16-19)33-22-9-11-24(12-10-22)34(2)3/h4-8,13-16,22,24H,9-12,17H2,1-3H3,(H,30,31,33)/b5-4+. The van der Waals surface area contributed by atoms with E-state index in [1.54, 1.807) is 18.5 Å². The molecule has 1 N–H and O–H groups in total. The first kappa shape index (κ1) is 27.2. The van der Waals surface area contributed by atoms with Crippen molar-refractivity contribution in [3.8, 4) is 0 Å². The summed E-state index contributed by atoms with van der Waals surface area (Å²) in [5, 5.41) is 3.30. The number of anilines is 1. The molecular formula is C27H31ClFN5O2S. The van der Waals surface area contributed by atoms with Crippen molar-refractivity contribution in [2.75, 3.05) is 19.4 Å². The van der Waals surface area contributed by atoms with Gasteiger partial charge in [0, 0.05) is 35.7 Å². The molecule has 2 aromatic heterocycles. The topological polar surface area (TPSA) is 88.1 Å². The fourth-order valence-electron chi connectivity index (χ4n) is 4.48. The van der Waals surface area contributed by atoms with Crippen LogP contribution in [0.25, 0.3) is 12.2 Å². The molecule has 0 aliphatic heterocycles. The molecule has 1 aliphatic carbocycles. The van der Waals surface area contributed by atoms with Crippen LogP contribution in [0.4, 0.5) is 10.3 Å². The zero-order valence-electron chi connectivity index (χ0n) is 21.2. The molecule has 7 nitrogen and oxygen atoms in total. The molecule has 0 spiro atoms. The maximum atomic E-state index is 13.3. The van der Waals surface area contributed by atoms with Crippen molar-refractivity contribution in [2.24, 2.45) is 0 Å². The average molecular weight is 544 g/mol. The third kappa shape index (κ3) is 7.12. The summed E-state index contributed by atoms with van der Waals surface area (Å²) in [5.41, 5.74) is 2.76. The molecule has 1 aromatic carbocycles. The summed E-state index contributed by atoms with van der Waals surface area (Å²) in [5.74, 6) is -0.287. The van der Waals surface area contributed by atoms with Gasteiger partial charge >= 0.3 is 0 Å². The van der Waals surface area contributed by atoms with Crippen molar-refractivity contribution in [3.05, 3.63) is 76.1 Å². The van der Waals surface area contributed by atoms with E-state index in [-0.39, 0.29) is 15.7 Å². The van der Waals surface area contributed by atoms with Crippen LogP contribution >= 0.6 is 11.6 Å². The Morgan fingerprint density at radius 1 is 1.08 bits per heavy atom. The first-order valence-electron chi connectivity index (χ1n) is 12.2. The van der Waals surface area contributed by atoms with Gasteiger partial charge in [-0.15, -0.1) is 0 Å². The molecule has 1 saturated carbocycles. The highest BCUT2D eigenvalue weighted by atomic mass is 35.5. The first-order valence-corrected chi connectivity index (χ1v) is 14.2. The molecule has 1 aliphatic rings. The Kier molecular flexibility index (Phi) is 8.56. The Hall–Kier alpha value is -2.88. The number of benzene rings is 1. The van der Waals surface area contributed by atoms with Gasteiger partial charge in [-0.1, -0.05) is 29.8 Å². The second-order valence-corrected chi connectivity index (χ2v) is 12.0. The lowest BCUT2D eigenvalue weighted by molar-refractivity contribution is 0.221. The monoisotopic (exact) mass is 543 g/mol. The number of halogens is 2. The molecule has 0 saturated heterocycles. The minimum absolute atomic E-state index is 0.113. The van der Waals surface area contributed by atoms with E-state index in [1.165, 1.54) is 18.9 Å². The molecule has 10 heteroatoms. The summed E-state index contributed by atoms with van der Waals surface area (Å²) in [6.45, 7) is 1.81. The number of hydrogen-bond donors (Lipinski definition) is 1. The van der Waals surface area contributed by atoms with Crippen molar-refractivity contribution < 1.29 is 12.8 Å². The number of sulfone groups is 1. The van der Waals surface area contributed by atoms with Crippen molar-refractivity contribution in [2.45, 2.75) is 55.3 Å². The number of pyridine rings is 1. The van der Waals surface area contributed by atoms with Crippen LogP contribution in [0.3, 0.4) is 0 Å². The Morgan fingerprint density at radius 3 is 2.41 bits per heavy atom. The molecule has 37 heavy (non-hydrogen) atoms. The van der Waals surface area contributed by atoms with E-state index in [1.807, 2.05) is 25.1 Å². The Morgan fingerprint density at radius 2 is 1.78 bits per heavy atom. The van der Waals surface area contributed by atoms with Gasteiger partial charge in [-0.2, -0.15) is 0 Å². The highest BCUT2D eigenvalue weighted by molar-refractivity contribution is 7.90. The predicted octanol–water partition coefficient (Wildman–Crippen LogP) is 5.40. The third-order valence-corrected chi connectivity index (χ3v) is 8.77. The van der Waals surface area contributed by atoms with Crippen LogP contribution < -0.4 is 5.32 Å². The van der Waals surface area contributed by atoms with Gasteiger partial charge in [0.25, 0.3) is 0 Å². The Balaban J connectivity index is 1.36. The third-order valence-electron chi connectivity index (χ3n) is 6.64. The number of nitrogens with one attached hydrogen (secondary N) is 1. The van der Waals surface area contributed by atoms with Crippen LogP contribution in [0, 0.1) is 12.7 Å². The van der Waals surface area contributed by atoms with Crippen molar-refractivity contribution >= 4 is 39.5 Å². The molecule has 0 atom stereocenters. The summed E-state index contributed by atoms with van der Waals surface area (Å²) in [6, 6.07) is 7.77. The maximum absolute atomic E-state index is 13.3. The smallest absolute Gasteiger partial charge is 0.222 e. The van der Waals surface area contributed by atoms with Gasteiger partial charge in [-0.05, 0) is 76.5 Å². The normalized spacial score (nSPS) is 18.4. The molecule has 3 aromatic rings. The Bertz CT molecular complexity index is 1370. The van der Waals surface area contributed by atoms with E-state index < -0.39 is 15.7 Å². The van der Waals surface area contributed by atoms with Gasteiger partial charge in [0.05, 0.1) is 21.4 Å². The van der Waals surface area contributed by atoms with Crippen LogP contribution in [0.1, 0.15) is 48.2 Å². The van der Waals surface area contributed by atoms with Crippen LogP contribution in [0.5, 0.6) is 0 Å². The van der Waals surface area contributed by atoms with Gasteiger partial charge in [-0.3, -0.25) is 4.98 Å². The van der Waals surface area contributed by atoms with E-state index in [4.69, 9.17) is 11.6 Å². The fourth-order valence-corrected chi connectivity index (χ4v) is 6.34. The van der Waals surface area contributed by atoms with E-state index in [9.17, 15) is 12.8 Å². The predicted molar refractivity (Wildman–Crippen MR) is 146 cm³/mol. The van der Waals surface area contributed by atoms with Crippen molar-refractivity contribution in [3.63, 3.8) is 0 Å². The van der Waals surface area contributed by atoms with E-state index in [0.717, 1.165) is 36.1 Å². The lowest BCUT2D eigenvalue weighted by atomic mass is 9.91. The zero-order valence-corrected chi connectivity index (χ0v) is 22.7. The number of rotatable bonds is 8. The minimum atomic E-state index is -3.77. The van der Waals surface area contributed by atoms with Gasteiger partial charge in [0.15, 0.2) is 9.84 Å². The number of aryl methyl sites for hydroxylation is 1. The lowest BCUT2D eigenvalue weighted by Gasteiger charge is -2.32. The van der Waals surface area contributed by atoms with Crippen LogP contribution in [-0.4, -0.2) is 54.4 Å². The van der Waals surface area contributed by atoms with Crippen molar-refractivity contribution in [1.82, 2.24) is 19.9 Å². The van der Waals surface area contributed by atoms with Crippen LogP contribution in [0.15, 0.2) is 47.6 Å². The molecule has 2 heterocycles. The highest BCUT2D eigenvalue weighted by Gasteiger charge is 2.23. The van der Waals surface area contributed by atoms with Crippen LogP contribution in [0.2, 0.25) is 5.02 Å². The molecule has 4 rings (SSSR count). The van der Waals surface area contributed by atoms with Gasteiger partial charge in [0.2, 0.25) is 5.95 Å². The second kappa shape index (κ2) is 11.7. The molecule has 0 unspecified atom stereocenters. The second-order valence-electron chi connectivity index (χ2n) is 9.60. The van der Waals surface area contributed by atoms with Gasteiger partial charge in [-0.25, -0.2) is 22.8 Å². The molecule has 0 bridgehead atoms.